The minimum Gasteiger partial charge on any atom is -0.298 e. The quantitative estimate of drug-likeness (QED) is 0.235. The normalized spacial score (nSPS) is 11.2. The van der Waals surface area contributed by atoms with E-state index in [9.17, 15) is 9.59 Å². The summed E-state index contributed by atoms with van der Waals surface area (Å²) in [6.45, 7) is 8.96. The van der Waals surface area contributed by atoms with Gasteiger partial charge in [-0.1, -0.05) is 60.7 Å². The maximum atomic E-state index is 11.2. The van der Waals surface area contributed by atoms with E-state index in [4.69, 9.17) is 0 Å². The maximum Gasteiger partial charge on any atom is 0.150 e. The highest BCUT2D eigenvalue weighted by Crippen LogP contribution is 2.32. The Labute approximate surface area is 212 Å². The van der Waals surface area contributed by atoms with Crippen molar-refractivity contribution in [1.29, 1.82) is 0 Å². The summed E-state index contributed by atoms with van der Waals surface area (Å²) >= 11 is 0. The lowest BCUT2D eigenvalue weighted by atomic mass is 9.83. The van der Waals surface area contributed by atoms with Crippen molar-refractivity contribution >= 4 is 34.1 Å². The molecule has 0 fully saturated rings. The van der Waals surface area contributed by atoms with Crippen LogP contribution in [-0.4, -0.2) is 12.6 Å². The summed E-state index contributed by atoms with van der Waals surface area (Å²) in [6, 6.07) is 24.8. The molecule has 0 atom stereocenters. The Hall–Kier alpha value is -4.04. The van der Waals surface area contributed by atoms with Crippen LogP contribution >= 0.6 is 0 Å². The van der Waals surface area contributed by atoms with E-state index in [1.54, 1.807) is 0 Å². The van der Waals surface area contributed by atoms with Gasteiger partial charge in [0.2, 0.25) is 0 Å². The van der Waals surface area contributed by atoms with Gasteiger partial charge < -0.3 is 0 Å². The van der Waals surface area contributed by atoms with Crippen molar-refractivity contribution in [2.24, 2.45) is 0 Å². The second-order valence-corrected chi connectivity index (χ2v) is 9.93. The summed E-state index contributed by atoms with van der Waals surface area (Å²) in [5.41, 5.74) is 12.2. The number of benzene rings is 5. The van der Waals surface area contributed by atoms with E-state index in [-0.39, 0.29) is 0 Å². The van der Waals surface area contributed by atoms with Crippen LogP contribution in [0.2, 0.25) is 0 Å². The highest BCUT2D eigenvalue weighted by Gasteiger charge is 2.16. The number of rotatable bonds is 6. The molecule has 0 N–H and O–H groups in total. The first-order valence-electron chi connectivity index (χ1n) is 12.4. The molecule has 2 heteroatoms. The zero-order valence-corrected chi connectivity index (χ0v) is 21.3. The smallest absolute Gasteiger partial charge is 0.150 e. The number of hydrogen-bond acceptors (Lipinski definition) is 2. The van der Waals surface area contributed by atoms with Gasteiger partial charge in [0, 0.05) is 11.1 Å². The lowest BCUT2D eigenvalue weighted by Crippen LogP contribution is -2.07. The first-order valence-corrected chi connectivity index (χ1v) is 12.4. The predicted octanol–water partition coefficient (Wildman–Crippen LogP) is 8.03. The van der Waals surface area contributed by atoms with Crippen molar-refractivity contribution in [2.75, 3.05) is 0 Å². The summed E-state index contributed by atoms with van der Waals surface area (Å²) in [5.74, 6) is 0. The second kappa shape index (κ2) is 9.54. The highest BCUT2D eigenvalue weighted by molar-refractivity contribution is 5.90. The fourth-order valence-corrected chi connectivity index (χ4v) is 5.35. The van der Waals surface area contributed by atoms with Gasteiger partial charge in [-0.3, -0.25) is 9.59 Å². The second-order valence-electron chi connectivity index (χ2n) is 9.93. The van der Waals surface area contributed by atoms with Crippen LogP contribution in [0.1, 0.15) is 65.2 Å². The number of hydrogen-bond donors (Lipinski definition) is 0. The molecule has 0 unspecified atom stereocenters. The van der Waals surface area contributed by atoms with Crippen molar-refractivity contribution in [2.45, 2.75) is 40.5 Å². The summed E-state index contributed by atoms with van der Waals surface area (Å²) in [6.07, 6.45) is 3.53. The van der Waals surface area contributed by atoms with E-state index >= 15 is 0 Å². The Morgan fingerprint density at radius 3 is 1.22 bits per heavy atom. The molecule has 0 saturated heterocycles. The van der Waals surface area contributed by atoms with E-state index in [2.05, 4.69) is 64.1 Å². The molecule has 0 spiro atoms. The van der Waals surface area contributed by atoms with Crippen LogP contribution in [0.15, 0.2) is 72.8 Å². The molecule has 0 saturated carbocycles. The summed E-state index contributed by atoms with van der Waals surface area (Å²) in [7, 11) is 0. The predicted molar refractivity (Wildman–Crippen MR) is 150 cm³/mol. The third-order valence-corrected chi connectivity index (χ3v) is 7.85. The van der Waals surface area contributed by atoms with Crippen molar-refractivity contribution in [3.63, 3.8) is 0 Å². The number of aldehydes is 2. The van der Waals surface area contributed by atoms with Crippen molar-refractivity contribution in [3.8, 4) is 0 Å². The summed E-state index contributed by atoms with van der Waals surface area (Å²) in [4.78, 5) is 22.3. The van der Waals surface area contributed by atoms with E-state index in [0.717, 1.165) is 47.0 Å². The molecule has 0 radical (unpaired) electrons. The molecule has 0 aliphatic carbocycles. The molecule has 0 bridgehead atoms. The molecule has 0 aliphatic heterocycles. The average Bonchev–Trinajstić information content (AvgIpc) is 2.91. The van der Waals surface area contributed by atoms with Crippen LogP contribution < -0.4 is 0 Å². The molecule has 178 valence electrons. The van der Waals surface area contributed by atoms with Crippen LogP contribution in [0.5, 0.6) is 0 Å². The third-order valence-electron chi connectivity index (χ3n) is 7.85. The molecular formula is C34H30O2. The average molecular weight is 471 g/mol. The van der Waals surface area contributed by atoms with Crippen LogP contribution in [0.25, 0.3) is 21.5 Å². The number of fused-ring (bicyclic) bond motifs is 2. The first kappa shape index (κ1) is 23.7. The SMILES string of the molecule is Cc1c(C)c(C)c(Cc2ccc3cc(C=O)ccc3c2)c(Cc2ccc3cc(C=O)ccc3c2)c1C. The largest absolute Gasteiger partial charge is 0.298 e. The molecule has 2 nitrogen and oxygen atoms in total. The minimum absolute atomic E-state index is 0.705. The standard InChI is InChI=1S/C34H30O2/c1-21-22(2)24(4)34(18-26-6-10-32-16-28(20-36)8-12-30(32)14-26)33(23(21)3)17-25-5-9-31-15-27(19-35)7-11-29(31)13-25/h5-16,19-20H,17-18H2,1-4H3. The molecule has 0 aliphatic rings. The zero-order chi connectivity index (χ0) is 25.4. The zero-order valence-electron chi connectivity index (χ0n) is 21.3. The molecule has 36 heavy (non-hydrogen) atoms. The fourth-order valence-electron chi connectivity index (χ4n) is 5.35. The van der Waals surface area contributed by atoms with E-state index in [0.29, 0.717) is 11.1 Å². The molecule has 5 aromatic carbocycles. The Balaban J connectivity index is 1.57. The first-order chi connectivity index (χ1) is 17.4. The van der Waals surface area contributed by atoms with Gasteiger partial charge >= 0.3 is 0 Å². The minimum atomic E-state index is 0.705. The lowest BCUT2D eigenvalue weighted by molar-refractivity contribution is 0.111. The lowest BCUT2D eigenvalue weighted by Gasteiger charge is -2.22. The van der Waals surface area contributed by atoms with Gasteiger partial charge in [0.15, 0.2) is 0 Å². The molecule has 5 aromatic rings. The van der Waals surface area contributed by atoms with Gasteiger partial charge in [-0.05, 0) is 119 Å². The van der Waals surface area contributed by atoms with Crippen molar-refractivity contribution in [3.05, 3.63) is 128 Å². The Morgan fingerprint density at radius 1 is 0.472 bits per heavy atom. The fraction of sp³-hybridized carbons (Fsp3) is 0.176. The molecule has 0 aromatic heterocycles. The Bertz CT molecular complexity index is 1530. The van der Waals surface area contributed by atoms with Crippen LogP contribution in [0.3, 0.4) is 0 Å². The van der Waals surface area contributed by atoms with Gasteiger partial charge in [-0.15, -0.1) is 0 Å². The van der Waals surface area contributed by atoms with Gasteiger partial charge in [-0.25, -0.2) is 0 Å². The van der Waals surface area contributed by atoms with Gasteiger partial charge in [0.25, 0.3) is 0 Å². The van der Waals surface area contributed by atoms with E-state index < -0.39 is 0 Å². The van der Waals surface area contributed by atoms with Crippen LogP contribution in [0, 0.1) is 27.7 Å². The van der Waals surface area contributed by atoms with Crippen LogP contribution in [0.4, 0.5) is 0 Å². The third kappa shape index (κ3) is 4.35. The molecule has 0 amide bonds. The number of carbonyl (C=O) groups is 2. The number of carbonyl (C=O) groups excluding carboxylic acids is 2. The highest BCUT2D eigenvalue weighted by atomic mass is 16.1. The van der Waals surface area contributed by atoms with Gasteiger partial charge in [-0.2, -0.15) is 0 Å². The maximum absolute atomic E-state index is 11.2. The summed E-state index contributed by atoms with van der Waals surface area (Å²) in [5, 5.41) is 4.49. The summed E-state index contributed by atoms with van der Waals surface area (Å²) < 4.78 is 0. The van der Waals surface area contributed by atoms with Crippen LogP contribution in [-0.2, 0) is 12.8 Å². The molecule has 0 heterocycles. The van der Waals surface area contributed by atoms with E-state index in [1.807, 2.05) is 36.4 Å². The molecule has 5 rings (SSSR count). The van der Waals surface area contributed by atoms with Crippen molar-refractivity contribution in [1.82, 2.24) is 0 Å². The molecular weight excluding hydrogens is 440 g/mol. The van der Waals surface area contributed by atoms with Gasteiger partial charge in [0.05, 0.1) is 0 Å². The monoisotopic (exact) mass is 470 g/mol. The van der Waals surface area contributed by atoms with Gasteiger partial charge in [0.1, 0.15) is 12.6 Å². The van der Waals surface area contributed by atoms with E-state index in [1.165, 1.54) is 44.5 Å². The Morgan fingerprint density at radius 2 is 0.833 bits per heavy atom. The Kier molecular flexibility index (Phi) is 6.28. The topological polar surface area (TPSA) is 34.1 Å². The van der Waals surface area contributed by atoms with Crippen molar-refractivity contribution < 1.29 is 9.59 Å².